The number of hydrogen-bond donors (Lipinski definition) is 2. The zero-order chi connectivity index (χ0) is 14.5. The number of aromatic nitrogens is 2. The average Bonchev–Trinajstić information content (AvgIpc) is 2.86. The van der Waals surface area contributed by atoms with Gasteiger partial charge in [-0.3, -0.25) is 4.68 Å². The molecule has 0 aliphatic rings. The van der Waals surface area contributed by atoms with Crippen LogP contribution < -0.4 is 16.2 Å². The molecule has 2 rings (SSSR count). The van der Waals surface area contributed by atoms with Crippen LogP contribution in [0.15, 0.2) is 30.6 Å². The average molecular weight is 276 g/mol. The van der Waals surface area contributed by atoms with Gasteiger partial charge < -0.3 is 20.9 Å². The van der Waals surface area contributed by atoms with Crippen LogP contribution in [0.25, 0.3) is 11.1 Å². The number of rotatable bonds is 5. The highest BCUT2D eigenvalue weighted by Crippen LogP contribution is 2.34. The molecule has 1 aromatic carbocycles. The molecule has 0 saturated carbocycles. The van der Waals surface area contributed by atoms with E-state index in [9.17, 15) is 4.79 Å². The van der Waals surface area contributed by atoms with E-state index in [1.165, 1.54) is 0 Å². The maximum absolute atomic E-state index is 10.5. The van der Waals surface area contributed by atoms with Crippen molar-refractivity contribution >= 4 is 11.8 Å². The van der Waals surface area contributed by atoms with Gasteiger partial charge in [0.05, 0.1) is 25.5 Å². The molecule has 1 amide bonds. The monoisotopic (exact) mass is 276 g/mol. The van der Waals surface area contributed by atoms with E-state index in [1.807, 2.05) is 18.3 Å². The lowest BCUT2D eigenvalue weighted by atomic mass is 10.1. The van der Waals surface area contributed by atoms with Gasteiger partial charge in [-0.2, -0.15) is 5.10 Å². The van der Waals surface area contributed by atoms with Crippen molar-refractivity contribution in [3.63, 3.8) is 0 Å². The van der Waals surface area contributed by atoms with Crippen LogP contribution in [0, 0.1) is 0 Å². The van der Waals surface area contributed by atoms with Gasteiger partial charge in [0.25, 0.3) is 0 Å². The molecule has 2 aromatic rings. The summed E-state index contributed by atoms with van der Waals surface area (Å²) in [5.41, 5.74) is 13.0. The van der Waals surface area contributed by atoms with E-state index in [1.54, 1.807) is 24.1 Å². The molecular weight excluding hydrogens is 260 g/mol. The van der Waals surface area contributed by atoms with Crippen molar-refractivity contribution < 1.29 is 14.3 Å². The molecule has 0 atom stereocenters. The zero-order valence-corrected chi connectivity index (χ0v) is 11.1. The predicted octanol–water partition coefficient (Wildman–Crippen LogP) is 1.24. The second-order valence-corrected chi connectivity index (χ2v) is 4.09. The number of carbonyl (C=O) groups is 1. The summed E-state index contributed by atoms with van der Waals surface area (Å²) in [6, 6.07) is 5.52. The Hall–Kier alpha value is -2.70. The third-order valence-electron chi connectivity index (χ3n) is 2.76. The molecular formula is C13H16N4O3. The van der Waals surface area contributed by atoms with Crippen molar-refractivity contribution in [2.24, 2.45) is 5.73 Å². The number of nitrogens with two attached hydrogens (primary N) is 2. The summed E-state index contributed by atoms with van der Waals surface area (Å²) in [5.74, 6) is 0.612. The first-order valence-corrected chi connectivity index (χ1v) is 5.99. The number of nitrogens with zero attached hydrogens (tertiary/aromatic N) is 2. The fraction of sp³-hybridized carbons (Fsp3) is 0.231. The van der Waals surface area contributed by atoms with Gasteiger partial charge in [0, 0.05) is 17.3 Å². The van der Waals surface area contributed by atoms with Crippen LogP contribution in [0.5, 0.6) is 5.75 Å². The van der Waals surface area contributed by atoms with Crippen LogP contribution in [0.3, 0.4) is 0 Å². The number of ether oxygens (including phenoxy) is 2. The summed E-state index contributed by atoms with van der Waals surface area (Å²) >= 11 is 0. The summed E-state index contributed by atoms with van der Waals surface area (Å²) in [6.45, 7) is 0.595. The second-order valence-electron chi connectivity index (χ2n) is 4.09. The molecule has 0 saturated heterocycles. The molecule has 7 nitrogen and oxygen atoms in total. The summed E-state index contributed by atoms with van der Waals surface area (Å²) < 4.78 is 11.6. The van der Waals surface area contributed by atoms with Gasteiger partial charge in [-0.15, -0.1) is 0 Å². The van der Waals surface area contributed by atoms with Crippen molar-refractivity contribution in [3.05, 3.63) is 30.6 Å². The van der Waals surface area contributed by atoms with Crippen LogP contribution in [0.2, 0.25) is 0 Å². The normalized spacial score (nSPS) is 10.2. The number of carbonyl (C=O) groups excluding carboxylic acids is 1. The standard InChI is InChI=1S/C13H16N4O3/c1-19-12-10(3-2-4-11(12)14)9-7-16-17(8-9)5-6-20-13(15)18/h2-4,7-8H,5-6,14H2,1H3,(H2,15,18). The molecule has 106 valence electrons. The topological polar surface area (TPSA) is 105 Å². The molecule has 0 fully saturated rings. The van der Waals surface area contributed by atoms with Crippen LogP contribution in [0.1, 0.15) is 0 Å². The number of nitrogen functional groups attached to an aromatic ring is 1. The van der Waals surface area contributed by atoms with Crippen LogP contribution >= 0.6 is 0 Å². The molecule has 0 radical (unpaired) electrons. The Bertz CT molecular complexity index is 609. The van der Waals surface area contributed by atoms with Gasteiger partial charge in [0.15, 0.2) is 0 Å². The van der Waals surface area contributed by atoms with Gasteiger partial charge >= 0.3 is 6.09 Å². The van der Waals surface area contributed by atoms with E-state index >= 15 is 0 Å². The van der Waals surface area contributed by atoms with E-state index in [2.05, 4.69) is 9.84 Å². The van der Waals surface area contributed by atoms with Crippen molar-refractivity contribution in [1.82, 2.24) is 9.78 Å². The number of hydrogen-bond acceptors (Lipinski definition) is 5. The number of methoxy groups -OCH3 is 1. The minimum absolute atomic E-state index is 0.171. The lowest BCUT2D eigenvalue weighted by molar-refractivity contribution is 0.151. The first-order chi connectivity index (χ1) is 9.61. The number of anilines is 1. The van der Waals surface area contributed by atoms with Gasteiger partial charge in [-0.25, -0.2) is 4.79 Å². The Kier molecular flexibility index (Phi) is 4.09. The third-order valence-corrected chi connectivity index (χ3v) is 2.76. The fourth-order valence-corrected chi connectivity index (χ4v) is 1.87. The predicted molar refractivity (Wildman–Crippen MR) is 74.2 cm³/mol. The molecule has 0 bridgehead atoms. The molecule has 0 spiro atoms. The highest BCUT2D eigenvalue weighted by molar-refractivity contribution is 5.76. The molecule has 20 heavy (non-hydrogen) atoms. The van der Waals surface area contributed by atoms with Crippen molar-refractivity contribution in [3.8, 4) is 16.9 Å². The summed E-state index contributed by atoms with van der Waals surface area (Å²) in [5, 5.41) is 4.18. The fourth-order valence-electron chi connectivity index (χ4n) is 1.87. The summed E-state index contributed by atoms with van der Waals surface area (Å²) in [4.78, 5) is 10.5. The maximum atomic E-state index is 10.5. The minimum atomic E-state index is -0.796. The van der Waals surface area contributed by atoms with Crippen molar-refractivity contribution in [2.45, 2.75) is 6.54 Å². The highest BCUT2D eigenvalue weighted by atomic mass is 16.5. The van der Waals surface area contributed by atoms with Gasteiger partial charge in [0.1, 0.15) is 12.4 Å². The number of benzene rings is 1. The highest BCUT2D eigenvalue weighted by Gasteiger charge is 2.10. The van der Waals surface area contributed by atoms with E-state index in [-0.39, 0.29) is 6.61 Å². The van der Waals surface area contributed by atoms with E-state index < -0.39 is 6.09 Å². The Morgan fingerprint density at radius 3 is 2.95 bits per heavy atom. The summed E-state index contributed by atoms with van der Waals surface area (Å²) in [6.07, 6.45) is 2.72. The van der Waals surface area contributed by atoms with Gasteiger partial charge in [-0.05, 0) is 6.07 Å². The number of primary amides is 1. The molecule has 1 aromatic heterocycles. The van der Waals surface area contributed by atoms with Gasteiger partial charge in [0.2, 0.25) is 0 Å². The zero-order valence-electron chi connectivity index (χ0n) is 11.1. The first-order valence-electron chi connectivity index (χ1n) is 5.99. The van der Waals surface area contributed by atoms with E-state index in [0.29, 0.717) is 18.0 Å². The Morgan fingerprint density at radius 1 is 1.45 bits per heavy atom. The number of para-hydroxylation sites is 1. The molecule has 7 heteroatoms. The van der Waals surface area contributed by atoms with Gasteiger partial charge in [-0.1, -0.05) is 12.1 Å². The van der Waals surface area contributed by atoms with Crippen LogP contribution in [-0.4, -0.2) is 29.6 Å². The molecule has 1 heterocycles. The molecule has 0 aliphatic heterocycles. The third kappa shape index (κ3) is 3.00. The smallest absolute Gasteiger partial charge is 0.404 e. The van der Waals surface area contributed by atoms with Crippen molar-refractivity contribution in [2.75, 3.05) is 19.5 Å². The van der Waals surface area contributed by atoms with Crippen molar-refractivity contribution in [1.29, 1.82) is 0 Å². The molecule has 0 unspecified atom stereocenters. The Labute approximate surface area is 116 Å². The lowest BCUT2D eigenvalue weighted by Gasteiger charge is -2.09. The van der Waals surface area contributed by atoms with Crippen LogP contribution in [-0.2, 0) is 11.3 Å². The Balaban J connectivity index is 2.16. The SMILES string of the molecule is COc1c(N)cccc1-c1cnn(CCOC(N)=O)c1. The molecule has 4 N–H and O–H groups in total. The van der Waals surface area contributed by atoms with E-state index in [4.69, 9.17) is 16.2 Å². The van der Waals surface area contributed by atoms with Crippen LogP contribution in [0.4, 0.5) is 10.5 Å². The van der Waals surface area contributed by atoms with E-state index in [0.717, 1.165) is 11.1 Å². The molecule has 0 aliphatic carbocycles. The first kappa shape index (κ1) is 13.7. The largest absolute Gasteiger partial charge is 0.494 e. The quantitative estimate of drug-likeness (QED) is 0.799. The minimum Gasteiger partial charge on any atom is -0.494 e. The number of amides is 1. The Morgan fingerprint density at radius 2 is 2.25 bits per heavy atom. The lowest BCUT2D eigenvalue weighted by Crippen LogP contribution is -2.16. The summed E-state index contributed by atoms with van der Waals surface area (Å²) in [7, 11) is 1.57. The maximum Gasteiger partial charge on any atom is 0.404 e. The second kappa shape index (κ2) is 5.96.